The molecule has 2 heterocycles. The first-order chi connectivity index (χ1) is 14.3. The zero-order valence-electron chi connectivity index (χ0n) is 16.7. The van der Waals surface area contributed by atoms with Gasteiger partial charge in [-0.15, -0.1) is 0 Å². The number of rotatable bonds is 4. The molecule has 1 atom stereocenters. The zero-order chi connectivity index (χ0) is 19.6. The summed E-state index contributed by atoms with van der Waals surface area (Å²) in [5.41, 5.74) is 4.66. The Morgan fingerprint density at radius 3 is 2.72 bits per heavy atom. The van der Waals surface area contributed by atoms with Gasteiger partial charge >= 0.3 is 0 Å². The molecule has 4 heteroatoms. The van der Waals surface area contributed by atoms with Gasteiger partial charge in [-0.1, -0.05) is 30.3 Å². The molecular formula is C25H27N3O. The Hall–Kier alpha value is -2.72. The van der Waals surface area contributed by atoms with Crippen LogP contribution in [0.2, 0.25) is 0 Å². The van der Waals surface area contributed by atoms with Gasteiger partial charge in [0.05, 0.1) is 5.52 Å². The molecule has 1 aliphatic carbocycles. The quantitative estimate of drug-likeness (QED) is 0.742. The first-order valence-electron chi connectivity index (χ1n) is 10.7. The van der Waals surface area contributed by atoms with E-state index in [0.717, 1.165) is 24.0 Å². The number of piperidine rings is 1. The van der Waals surface area contributed by atoms with E-state index in [4.69, 9.17) is 0 Å². The molecular weight excluding hydrogens is 358 g/mol. The lowest BCUT2D eigenvalue weighted by molar-refractivity contribution is 0.0915. The number of nitrogens with one attached hydrogen (secondary N) is 1. The van der Waals surface area contributed by atoms with E-state index in [1.54, 1.807) is 6.20 Å². The maximum Gasteiger partial charge on any atom is 0.251 e. The van der Waals surface area contributed by atoms with E-state index in [-0.39, 0.29) is 5.91 Å². The minimum Gasteiger partial charge on any atom is -0.352 e. The smallest absolute Gasteiger partial charge is 0.251 e. The number of aromatic nitrogens is 1. The Morgan fingerprint density at radius 1 is 1.07 bits per heavy atom. The molecule has 1 fully saturated rings. The number of carbonyl (C=O) groups excluding carboxylic acids is 1. The van der Waals surface area contributed by atoms with Crippen molar-refractivity contribution in [1.82, 2.24) is 15.2 Å². The van der Waals surface area contributed by atoms with E-state index in [2.05, 4.69) is 39.5 Å². The van der Waals surface area contributed by atoms with Gasteiger partial charge in [-0.05, 0) is 73.5 Å². The number of likely N-dealkylation sites (tertiary alicyclic amines) is 1. The van der Waals surface area contributed by atoms with Crippen LogP contribution in [0.5, 0.6) is 0 Å². The second-order valence-corrected chi connectivity index (χ2v) is 8.45. The highest BCUT2D eigenvalue weighted by molar-refractivity contribution is 5.97. The summed E-state index contributed by atoms with van der Waals surface area (Å²) >= 11 is 0. The van der Waals surface area contributed by atoms with E-state index >= 15 is 0 Å². The average Bonchev–Trinajstić information content (AvgIpc) is 3.22. The lowest BCUT2D eigenvalue weighted by atomic mass is 9.95. The van der Waals surface area contributed by atoms with Crippen molar-refractivity contribution in [2.75, 3.05) is 19.6 Å². The minimum atomic E-state index is 0.0150. The molecule has 1 unspecified atom stereocenters. The number of amides is 1. The van der Waals surface area contributed by atoms with Crippen LogP contribution in [-0.2, 0) is 12.8 Å². The van der Waals surface area contributed by atoms with Crippen molar-refractivity contribution in [2.24, 2.45) is 5.92 Å². The van der Waals surface area contributed by atoms with Crippen molar-refractivity contribution in [3.63, 3.8) is 0 Å². The van der Waals surface area contributed by atoms with Gasteiger partial charge < -0.3 is 5.32 Å². The predicted molar refractivity (Wildman–Crippen MR) is 116 cm³/mol. The van der Waals surface area contributed by atoms with Crippen LogP contribution in [0.4, 0.5) is 0 Å². The first-order valence-corrected chi connectivity index (χ1v) is 10.7. The number of fused-ring (bicyclic) bond motifs is 2. The summed E-state index contributed by atoms with van der Waals surface area (Å²) in [5.74, 6) is 0.541. The van der Waals surface area contributed by atoms with Crippen LogP contribution in [0.25, 0.3) is 10.9 Å². The van der Waals surface area contributed by atoms with E-state index in [0.29, 0.717) is 17.5 Å². The second kappa shape index (κ2) is 7.96. The van der Waals surface area contributed by atoms with Gasteiger partial charge in [0.1, 0.15) is 0 Å². The summed E-state index contributed by atoms with van der Waals surface area (Å²) in [4.78, 5) is 19.7. The molecule has 0 bridgehead atoms. The summed E-state index contributed by atoms with van der Waals surface area (Å²) < 4.78 is 0. The zero-order valence-corrected chi connectivity index (χ0v) is 16.7. The van der Waals surface area contributed by atoms with Crippen molar-refractivity contribution in [3.05, 3.63) is 77.5 Å². The molecule has 1 aromatic heterocycles. The minimum absolute atomic E-state index is 0.0150. The van der Waals surface area contributed by atoms with E-state index < -0.39 is 0 Å². The molecule has 1 saturated heterocycles. The van der Waals surface area contributed by atoms with Crippen molar-refractivity contribution in [3.8, 4) is 0 Å². The summed E-state index contributed by atoms with van der Waals surface area (Å²) in [7, 11) is 0. The SMILES string of the molecule is O=C(NCC1CCCN(C2Cc3ccccc3C2)C1)c1ccc2ncccc2c1. The van der Waals surface area contributed by atoms with Crippen molar-refractivity contribution >= 4 is 16.8 Å². The third-order valence-corrected chi connectivity index (χ3v) is 6.51. The van der Waals surface area contributed by atoms with Crippen LogP contribution in [0.15, 0.2) is 60.8 Å². The maximum absolute atomic E-state index is 12.7. The fourth-order valence-electron chi connectivity index (χ4n) is 4.95. The van der Waals surface area contributed by atoms with Crippen LogP contribution >= 0.6 is 0 Å². The summed E-state index contributed by atoms with van der Waals surface area (Å²) in [6.07, 6.45) is 6.52. The Morgan fingerprint density at radius 2 is 1.90 bits per heavy atom. The lowest BCUT2D eigenvalue weighted by Gasteiger charge is -2.37. The molecule has 1 aliphatic heterocycles. The van der Waals surface area contributed by atoms with Crippen molar-refractivity contribution in [2.45, 2.75) is 31.7 Å². The number of pyridine rings is 1. The van der Waals surface area contributed by atoms with Crippen LogP contribution in [-0.4, -0.2) is 41.5 Å². The molecule has 0 saturated carbocycles. The summed E-state index contributed by atoms with van der Waals surface area (Å²) in [6.45, 7) is 3.02. The van der Waals surface area contributed by atoms with Crippen LogP contribution < -0.4 is 5.32 Å². The molecule has 2 aliphatic rings. The molecule has 4 nitrogen and oxygen atoms in total. The first kappa shape index (κ1) is 18.3. The standard InChI is InChI=1S/C25H27N3O/c29-25(22-9-10-24-21(13-22)8-3-11-26-24)27-16-18-5-4-12-28(17-18)23-14-19-6-1-2-7-20(19)15-23/h1-3,6-11,13,18,23H,4-5,12,14-17H2,(H,27,29). The second-order valence-electron chi connectivity index (χ2n) is 8.45. The molecule has 5 rings (SSSR count). The maximum atomic E-state index is 12.7. The molecule has 2 aromatic carbocycles. The fourth-order valence-corrected chi connectivity index (χ4v) is 4.95. The number of hydrogen-bond donors (Lipinski definition) is 1. The predicted octanol–water partition coefficient (Wildman–Crippen LogP) is 3.84. The molecule has 29 heavy (non-hydrogen) atoms. The molecule has 1 N–H and O–H groups in total. The summed E-state index contributed by atoms with van der Waals surface area (Å²) in [5, 5.41) is 4.18. The van der Waals surface area contributed by atoms with E-state index in [9.17, 15) is 4.79 Å². The average molecular weight is 386 g/mol. The number of nitrogens with zero attached hydrogens (tertiary/aromatic N) is 2. The van der Waals surface area contributed by atoms with E-state index in [1.165, 1.54) is 43.4 Å². The molecule has 1 amide bonds. The van der Waals surface area contributed by atoms with Crippen LogP contribution in [0, 0.1) is 5.92 Å². The Bertz CT molecular complexity index is 1010. The molecule has 3 aromatic rings. The van der Waals surface area contributed by atoms with Crippen molar-refractivity contribution in [1.29, 1.82) is 0 Å². The van der Waals surface area contributed by atoms with Gasteiger partial charge in [0.15, 0.2) is 0 Å². The van der Waals surface area contributed by atoms with Gasteiger partial charge in [0.25, 0.3) is 5.91 Å². The Labute approximate surface area is 171 Å². The fraction of sp³-hybridized carbons (Fsp3) is 0.360. The largest absolute Gasteiger partial charge is 0.352 e. The topological polar surface area (TPSA) is 45.2 Å². The Kier molecular flexibility index (Phi) is 5.03. The third-order valence-electron chi connectivity index (χ3n) is 6.51. The summed E-state index contributed by atoms with van der Waals surface area (Å²) in [6, 6.07) is 19.1. The van der Waals surface area contributed by atoms with Gasteiger partial charge in [0.2, 0.25) is 0 Å². The Balaban J connectivity index is 1.18. The van der Waals surface area contributed by atoms with Crippen molar-refractivity contribution < 1.29 is 4.79 Å². The number of benzene rings is 2. The highest BCUT2D eigenvalue weighted by Crippen LogP contribution is 2.28. The highest BCUT2D eigenvalue weighted by atomic mass is 16.1. The van der Waals surface area contributed by atoms with E-state index in [1.807, 2.05) is 30.3 Å². The number of hydrogen-bond acceptors (Lipinski definition) is 3. The molecule has 0 spiro atoms. The lowest BCUT2D eigenvalue weighted by Crippen LogP contribution is -2.46. The number of carbonyl (C=O) groups is 1. The van der Waals surface area contributed by atoms with Gasteiger partial charge in [0, 0.05) is 36.3 Å². The monoisotopic (exact) mass is 385 g/mol. The highest BCUT2D eigenvalue weighted by Gasteiger charge is 2.30. The normalized spacial score (nSPS) is 19.9. The molecule has 148 valence electrons. The molecule has 0 radical (unpaired) electrons. The van der Waals surface area contributed by atoms with Gasteiger partial charge in [-0.2, -0.15) is 0 Å². The van der Waals surface area contributed by atoms with Gasteiger partial charge in [-0.25, -0.2) is 0 Å². The third kappa shape index (κ3) is 3.90. The van der Waals surface area contributed by atoms with Gasteiger partial charge in [-0.3, -0.25) is 14.7 Å². The van der Waals surface area contributed by atoms with Crippen LogP contribution in [0.3, 0.4) is 0 Å². The van der Waals surface area contributed by atoms with Crippen LogP contribution in [0.1, 0.15) is 34.3 Å².